The van der Waals surface area contributed by atoms with Crippen molar-refractivity contribution in [1.82, 2.24) is 9.97 Å². The number of aryl methyl sites for hydroxylation is 1. The lowest BCUT2D eigenvalue weighted by molar-refractivity contribution is 0.755. The van der Waals surface area contributed by atoms with E-state index in [0.29, 0.717) is 0 Å². The Bertz CT molecular complexity index is 832. The first-order chi connectivity index (χ1) is 11.3. The normalized spacial score (nSPS) is 16.5. The molecule has 3 aromatic rings. The Morgan fingerprint density at radius 2 is 1.61 bits per heavy atom. The van der Waals surface area contributed by atoms with Crippen molar-refractivity contribution in [2.24, 2.45) is 0 Å². The van der Waals surface area contributed by atoms with E-state index in [-0.39, 0.29) is 6.17 Å². The fraction of sp³-hybridized carbons (Fsp3) is 0.158. The molecule has 4 heteroatoms. The highest BCUT2D eigenvalue weighted by Crippen LogP contribution is 2.46. The lowest BCUT2D eigenvalue weighted by Crippen LogP contribution is -2.35. The Balaban J connectivity index is 1.89. The maximum atomic E-state index is 4.55. The molecule has 4 rings (SSSR count). The highest BCUT2D eigenvalue weighted by molar-refractivity contribution is 5.85. The molecule has 1 atom stereocenters. The van der Waals surface area contributed by atoms with E-state index in [1.807, 2.05) is 12.3 Å². The van der Waals surface area contributed by atoms with Crippen LogP contribution in [0.3, 0.4) is 0 Å². The summed E-state index contributed by atoms with van der Waals surface area (Å²) in [5.74, 6) is 0.946. The summed E-state index contributed by atoms with van der Waals surface area (Å²) in [5.41, 5.74) is 4.60. The lowest BCUT2D eigenvalue weighted by atomic mass is 10.1. The molecule has 2 heterocycles. The van der Waals surface area contributed by atoms with Gasteiger partial charge in [0, 0.05) is 11.4 Å². The third-order valence-electron chi connectivity index (χ3n) is 4.32. The van der Waals surface area contributed by atoms with Crippen LogP contribution in [0.2, 0.25) is 0 Å². The highest BCUT2D eigenvalue weighted by Gasteiger charge is 2.36. The summed E-state index contributed by atoms with van der Waals surface area (Å²) < 4.78 is 0. The van der Waals surface area contributed by atoms with Gasteiger partial charge in [-0.3, -0.25) is 0 Å². The van der Waals surface area contributed by atoms with Crippen LogP contribution in [0.1, 0.15) is 12.5 Å². The van der Waals surface area contributed by atoms with Gasteiger partial charge in [0.2, 0.25) is 0 Å². The fourth-order valence-electron chi connectivity index (χ4n) is 3.26. The molecule has 0 radical (unpaired) electrons. The van der Waals surface area contributed by atoms with Crippen LogP contribution in [-0.2, 0) is 0 Å². The van der Waals surface area contributed by atoms with Crippen LogP contribution in [0.15, 0.2) is 67.1 Å². The van der Waals surface area contributed by atoms with Crippen LogP contribution < -0.4 is 9.80 Å². The Labute approximate surface area is 136 Å². The molecule has 0 bridgehead atoms. The first-order valence-electron chi connectivity index (χ1n) is 7.76. The molecule has 0 spiro atoms. The van der Waals surface area contributed by atoms with Gasteiger partial charge in [0.05, 0.1) is 6.20 Å². The largest absolute Gasteiger partial charge is 0.316 e. The van der Waals surface area contributed by atoms with Crippen LogP contribution in [0.5, 0.6) is 0 Å². The molecule has 2 aromatic carbocycles. The Hall–Kier alpha value is -2.88. The van der Waals surface area contributed by atoms with Crippen molar-refractivity contribution in [2.45, 2.75) is 20.0 Å². The summed E-state index contributed by atoms with van der Waals surface area (Å²) >= 11 is 0. The summed E-state index contributed by atoms with van der Waals surface area (Å²) in [4.78, 5) is 13.3. The van der Waals surface area contributed by atoms with Gasteiger partial charge in [-0.05, 0) is 37.6 Å². The zero-order chi connectivity index (χ0) is 15.8. The van der Waals surface area contributed by atoms with Crippen molar-refractivity contribution in [3.05, 3.63) is 72.7 Å². The van der Waals surface area contributed by atoms with Gasteiger partial charge in [-0.1, -0.05) is 36.4 Å². The standard InChI is InChI=1S/C19H18N4/c1-14-8-6-7-11-17(14)23-15(2)22(16-9-4-3-5-10-16)19-18(23)12-20-13-21-19/h3-13,15H,1-2H3. The molecule has 0 amide bonds. The van der Waals surface area contributed by atoms with E-state index in [1.165, 1.54) is 11.3 Å². The van der Waals surface area contributed by atoms with Gasteiger partial charge < -0.3 is 9.80 Å². The van der Waals surface area contributed by atoms with Crippen LogP contribution in [0.4, 0.5) is 22.9 Å². The van der Waals surface area contributed by atoms with Gasteiger partial charge in [-0.25, -0.2) is 9.97 Å². The smallest absolute Gasteiger partial charge is 0.162 e. The van der Waals surface area contributed by atoms with Gasteiger partial charge in [-0.2, -0.15) is 0 Å². The van der Waals surface area contributed by atoms with Gasteiger partial charge in [0.25, 0.3) is 0 Å². The van der Waals surface area contributed by atoms with E-state index in [0.717, 1.165) is 17.2 Å². The molecular weight excluding hydrogens is 284 g/mol. The molecule has 0 N–H and O–H groups in total. The molecule has 0 saturated heterocycles. The number of fused-ring (bicyclic) bond motifs is 1. The van der Waals surface area contributed by atoms with Crippen LogP contribution >= 0.6 is 0 Å². The van der Waals surface area contributed by atoms with Gasteiger partial charge in [-0.15, -0.1) is 0 Å². The second-order valence-electron chi connectivity index (χ2n) is 5.73. The quantitative estimate of drug-likeness (QED) is 0.701. The van der Waals surface area contributed by atoms with Crippen LogP contribution in [-0.4, -0.2) is 16.1 Å². The average Bonchev–Trinajstić information content (AvgIpc) is 2.88. The maximum absolute atomic E-state index is 4.55. The van der Waals surface area contributed by atoms with E-state index in [9.17, 15) is 0 Å². The number of hydrogen-bond acceptors (Lipinski definition) is 4. The second-order valence-corrected chi connectivity index (χ2v) is 5.73. The first-order valence-corrected chi connectivity index (χ1v) is 7.76. The molecule has 0 aliphatic carbocycles. The Kier molecular flexibility index (Phi) is 3.23. The minimum Gasteiger partial charge on any atom is -0.316 e. The molecule has 1 unspecified atom stereocenters. The van der Waals surface area contributed by atoms with Gasteiger partial charge >= 0.3 is 0 Å². The van der Waals surface area contributed by atoms with E-state index in [4.69, 9.17) is 0 Å². The second kappa shape index (κ2) is 5.39. The summed E-state index contributed by atoms with van der Waals surface area (Å²) in [5, 5.41) is 0. The molecule has 114 valence electrons. The van der Waals surface area contributed by atoms with Crippen molar-refractivity contribution in [3.63, 3.8) is 0 Å². The predicted molar refractivity (Wildman–Crippen MR) is 93.4 cm³/mol. The maximum Gasteiger partial charge on any atom is 0.162 e. The number of nitrogens with zero attached hydrogens (tertiary/aromatic N) is 4. The van der Waals surface area contributed by atoms with Crippen molar-refractivity contribution < 1.29 is 0 Å². The zero-order valence-corrected chi connectivity index (χ0v) is 13.2. The molecule has 0 fully saturated rings. The molecule has 1 aliphatic heterocycles. The molecule has 1 aliphatic rings. The molecule has 4 nitrogen and oxygen atoms in total. The average molecular weight is 302 g/mol. The lowest BCUT2D eigenvalue weighted by Gasteiger charge is -2.30. The molecule has 1 aromatic heterocycles. The summed E-state index contributed by atoms with van der Waals surface area (Å²) in [6.45, 7) is 4.33. The van der Waals surface area contributed by atoms with Gasteiger partial charge in [0.15, 0.2) is 5.82 Å². The number of aromatic nitrogens is 2. The van der Waals surface area contributed by atoms with E-state index >= 15 is 0 Å². The van der Waals surface area contributed by atoms with E-state index in [1.54, 1.807) is 6.33 Å². The molecule has 0 saturated carbocycles. The Morgan fingerprint density at radius 1 is 0.870 bits per heavy atom. The molecule has 23 heavy (non-hydrogen) atoms. The van der Waals surface area contributed by atoms with E-state index in [2.05, 4.69) is 82.1 Å². The minimum absolute atomic E-state index is 0.130. The number of rotatable bonds is 2. The summed E-state index contributed by atoms with van der Waals surface area (Å²) in [6.07, 6.45) is 3.64. The SMILES string of the molecule is Cc1ccccc1N1c2cncnc2N(c2ccccc2)C1C. The van der Waals surface area contributed by atoms with Crippen LogP contribution in [0.25, 0.3) is 0 Å². The van der Waals surface area contributed by atoms with E-state index < -0.39 is 0 Å². The van der Waals surface area contributed by atoms with Crippen molar-refractivity contribution in [2.75, 3.05) is 9.80 Å². The number of anilines is 4. The first kappa shape index (κ1) is 13.8. The predicted octanol–water partition coefficient (Wildman–Crippen LogP) is 4.42. The summed E-state index contributed by atoms with van der Waals surface area (Å²) in [6, 6.07) is 18.8. The van der Waals surface area contributed by atoms with Crippen molar-refractivity contribution in [3.8, 4) is 0 Å². The van der Waals surface area contributed by atoms with Crippen molar-refractivity contribution in [1.29, 1.82) is 0 Å². The summed E-state index contributed by atoms with van der Waals surface area (Å²) in [7, 11) is 0. The third-order valence-corrected chi connectivity index (χ3v) is 4.32. The Morgan fingerprint density at radius 3 is 2.39 bits per heavy atom. The topological polar surface area (TPSA) is 32.3 Å². The van der Waals surface area contributed by atoms with Crippen molar-refractivity contribution >= 4 is 22.9 Å². The minimum atomic E-state index is 0.130. The fourth-order valence-corrected chi connectivity index (χ4v) is 3.26. The monoisotopic (exact) mass is 302 g/mol. The van der Waals surface area contributed by atoms with Gasteiger partial charge in [0.1, 0.15) is 18.2 Å². The third kappa shape index (κ3) is 2.14. The number of benzene rings is 2. The highest BCUT2D eigenvalue weighted by atomic mass is 15.4. The van der Waals surface area contributed by atoms with Crippen LogP contribution in [0, 0.1) is 6.92 Å². The number of hydrogen-bond donors (Lipinski definition) is 0. The number of para-hydroxylation sites is 2. The molecular formula is C19H18N4. The zero-order valence-electron chi connectivity index (χ0n) is 13.2.